The van der Waals surface area contributed by atoms with Crippen molar-refractivity contribution in [3.8, 4) is 0 Å². The van der Waals surface area contributed by atoms with Crippen molar-refractivity contribution in [3.05, 3.63) is 34.7 Å². The van der Waals surface area contributed by atoms with Gasteiger partial charge in [-0.3, -0.25) is 18.8 Å². The normalized spacial score (nSPS) is 12.1. The number of imidazole rings is 1. The molecule has 1 heterocycles. The van der Waals surface area contributed by atoms with Crippen molar-refractivity contribution in [2.45, 2.75) is 39.0 Å². The predicted octanol–water partition coefficient (Wildman–Crippen LogP) is 2.21. The Hall–Kier alpha value is -2.29. The number of aromatic nitrogens is 2. The second kappa shape index (κ2) is 9.07. The molecule has 0 atom stereocenters. The van der Waals surface area contributed by atoms with Crippen LogP contribution >= 0.6 is 0 Å². The van der Waals surface area contributed by atoms with E-state index in [0.717, 1.165) is 11.0 Å². The molecule has 150 valence electrons. The van der Waals surface area contributed by atoms with Crippen LogP contribution in [0.3, 0.4) is 0 Å². The molecule has 0 aliphatic carbocycles. The highest BCUT2D eigenvalue weighted by atomic mass is 19.4. The van der Waals surface area contributed by atoms with Crippen LogP contribution in [-0.2, 0) is 17.9 Å². The van der Waals surface area contributed by atoms with Crippen molar-refractivity contribution < 1.29 is 18.0 Å². The predicted molar refractivity (Wildman–Crippen MR) is 97.7 cm³/mol. The van der Waals surface area contributed by atoms with Crippen LogP contribution in [0.25, 0.3) is 11.0 Å². The molecule has 2 rings (SSSR count). The maximum Gasteiger partial charge on any atom is 0.401 e. The lowest BCUT2D eigenvalue weighted by Gasteiger charge is -2.18. The van der Waals surface area contributed by atoms with Gasteiger partial charge in [0.05, 0.1) is 17.6 Å². The first-order chi connectivity index (χ1) is 12.7. The average Bonchev–Trinajstić information content (AvgIpc) is 2.86. The Bertz CT molecular complexity index is 826. The van der Waals surface area contributed by atoms with E-state index >= 15 is 0 Å². The van der Waals surface area contributed by atoms with Gasteiger partial charge in [-0.1, -0.05) is 12.1 Å². The van der Waals surface area contributed by atoms with Gasteiger partial charge in [-0.15, -0.1) is 0 Å². The average molecular weight is 386 g/mol. The number of aryl methyl sites for hydroxylation is 2. The SMILES string of the molecule is CCn1c(=O)n(CCC(=O)NCCCN(C)CC(F)(F)F)c2ccccc21. The largest absolute Gasteiger partial charge is 0.401 e. The Balaban J connectivity index is 1.82. The Labute approximate surface area is 155 Å². The molecular formula is C18H25F3N4O2. The van der Waals surface area contributed by atoms with Gasteiger partial charge in [-0.25, -0.2) is 4.79 Å². The molecule has 1 aromatic carbocycles. The number of rotatable bonds is 9. The fraction of sp³-hybridized carbons (Fsp3) is 0.556. The smallest absolute Gasteiger partial charge is 0.356 e. The minimum Gasteiger partial charge on any atom is -0.356 e. The van der Waals surface area contributed by atoms with Crippen molar-refractivity contribution in [1.82, 2.24) is 19.4 Å². The van der Waals surface area contributed by atoms with Gasteiger partial charge < -0.3 is 5.32 Å². The summed E-state index contributed by atoms with van der Waals surface area (Å²) in [5.74, 6) is -0.228. The Kier molecular flexibility index (Phi) is 7.06. The number of carbonyl (C=O) groups excluding carboxylic acids is 1. The second-order valence-corrected chi connectivity index (χ2v) is 6.47. The lowest BCUT2D eigenvalue weighted by atomic mass is 10.3. The summed E-state index contributed by atoms with van der Waals surface area (Å²) in [5, 5.41) is 2.69. The highest BCUT2D eigenvalue weighted by Crippen LogP contribution is 2.15. The van der Waals surface area contributed by atoms with E-state index in [-0.39, 0.29) is 31.1 Å². The van der Waals surface area contributed by atoms with Crippen molar-refractivity contribution in [1.29, 1.82) is 0 Å². The number of alkyl halides is 3. The maximum atomic E-state index is 12.5. The quantitative estimate of drug-likeness (QED) is 0.673. The molecule has 27 heavy (non-hydrogen) atoms. The summed E-state index contributed by atoms with van der Waals surface area (Å²) in [4.78, 5) is 25.6. The Morgan fingerprint density at radius 2 is 1.81 bits per heavy atom. The molecule has 0 fully saturated rings. The van der Waals surface area contributed by atoms with Gasteiger partial charge >= 0.3 is 11.9 Å². The molecule has 0 bridgehead atoms. The molecule has 0 unspecified atom stereocenters. The molecule has 0 aliphatic rings. The van der Waals surface area contributed by atoms with Crippen LogP contribution < -0.4 is 11.0 Å². The van der Waals surface area contributed by atoms with Gasteiger partial charge in [0.15, 0.2) is 0 Å². The standard InChI is InChI=1S/C18H25F3N4O2/c1-3-24-14-7-4-5-8-15(14)25(17(24)27)12-9-16(26)22-10-6-11-23(2)13-18(19,20)21/h4-5,7-8H,3,6,9-13H2,1-2H3,(H,22,26). The number of benzene rings is 1. The van der Waals surface area contributed by atoms with Gasteiger partial charge in [0.25, 0.3) is 0 Å². The molecule has 0 saturated heterocycles. The van der Waals surface area contributed by atoms with E-state index in [1.165, 1.54) is 11.9 Å². The summed E-state index contributed by atoms with van der Waals surface area (Å²) in [6.45, 7) is 2.26. The topological polar surface area (TPSA) is 59.3 Å². The summed E-state index contributed by atoms with van der Waals surface area (Å²) in [7, 11) is 1.39. The first kappa shape index (κ1) is 21.0. The summed E-state index contributed by atoms with van der Waals surface area (Å²) in [6.07, 6.45) is -3.66. The molecule has 2 aromatic rings. The van der Waals surface area contributed by atoms with E-state index in [1.54, 1.807) is 9.13 Å². The van der Waals surface area contributed by atoms with Crippen molar-refractivity contribution >= 4 is 16.9 Å². The lowest BCUT2D eigenvalue weighted by molar-refractivity contribution is -0.143. The highest BCUT2D eigenvalue weighted by molar-refractivity contribution is 5.77. The number of para-hydroxylation sites is 2. The lowest BCUT2D eigenvalue weighted by Crippen LogP contribution is -2.34. The summed E-state index contributed by atoms with van der Waals surface area (Å²) in [6, 6.07) is 7.42. The van der Waals surface area contributed by atoms with E-state index in [4.69, 9.17) is 0 Å². The van der Waals surface area contributed by atoms with Crippen LogP contribution in [-0.4, -0.2) is 52.8 Å². The number of nitrogens with zero attached hydrogens (tertiary/aromatic N) is 3. The summed E-state index contributed by atoms with van der Waals surface area (Å²) >= 11 is 0. The zero-order valence-electron chi connectivity index (χ0n) is 15.6. The Morgan fingerprint density at radius 1 is 1.19 bits per heavy atom. The first-order valence-corrected chi connectivity index (χ1v) is 8.93. The fourth-order valence-corrected chi connectivity index (χ4v) is 3.06. The maximum absolute atomic E-state index is 12.5. The van der Waals surface area contributed by atoms with E-state index in [1.807, 2.05) is 31.2 Å². The molecule has 0 radical (unpaired) electrons. The molecule has 1 amide bonds. The number of hydrogen-bond donors (Lipinski definition) is 1. The van der Waals surface area contributed by atoms with Crippen molar-refractivity contribution in [2.75, 3.05) is 26.7 Å². The molecule has 6 nitrogen and oxygen atoms in total. The van der Waals surface area contributed by atoms with Gasteiger partial charge in [0.2, 0.25) is 5.91 Å². The van der Waals surface area contributed by atoms with Gasteiger partial charge in [-0.05, 0) is 39.1 Å². The van der Waals surface area contributed by atoms with Crippen molar-refractivity contribution in [2.24, 2.45) is 0 Å². The van der Waals surface area contributed by atoms with E-state index in [2.05, 4.69) is 5.32 Å². The molecule has 0 aliphatic heterocycles. The minimum atomic E-state index is -4.22. The van der Waals surface area contributed by atoms with Gasteiger partial charge in [-0.2, -0.15) is 13.2 Å². The van der Waals surface area contributed by atoms with Crippen LogP contribution in [0.5, 0.6) is 0 Å². The van der Waals surface area contributed by atoms with Crippen molar-refractivity contribution in [3.63, 3.8) is 0 Å². The first-order valence-electron chi connectivity index (χ1n) is 8.93. The third kappa shape index (κ3) is 5.85. The molecular weight excluding hydrogens is 361 g/mol. The summed E-state index contributed by atoms with van der Waals surface area (Å²) < 4.78 is 39.9. The van der Waals surface area contributed by atoms with Crippen LogP contribution in [0.15, 0.2) is 29.1 Å². The van der Waals surface area contributed by atoms with Gasteiger partial charge in [0, 0.05) is 26.1 Å². The number of fused-ring (bicyclic) bond motifs is 1. The van der Waals surface area contributed by atoms with E-state index in [0.29, 0.717) is 19.5 Å². The number of nitrogens with one attached hydrogen (secondary N) is 1. The molecule has 1 N–H and O–H groups in total. The number of amides is 1. The third-order valence-electron chi connectivity index (χ3n) is 4.29. The minimum absolute atomic E-state index is 0.135. The van der Waals surface area contributed by atoms with Gasteiger partial charge in [0.1, 0.15) is 0 Å². The molecule has 0 saturated carbocycles. The fourth-order valence-electron chi connectivity index (χ4n) is 3.06. The molecule has 9 heteroatoms. The monoisotopic (exact) mass is 386 g/mol. The van der Waals surface area contributed by atoms with Crippen LogP contribution in [0.1, 0.15) is 19.8 Å². The molecule has 1 aromatic heterocycles. The third-order valence-corrected chi connectivity index (χ3v) is 4.29. The number of hydrogen-bond acceptors (Lipinski definition) is 3. The van der Waals surface area contributed by atoms with E-state index < -0.39 is 12.7 Å². The Morgan fingerprint density at radius 3 is 2.41 bits per heavy atom. The zero-order valence-corrected chi connectivity index (χ0v) is 15.6. The van der Waals surface area contributed by atoms with Crippen LogP contribution in [0.4, 0.5) is 13.2 Å². The van der Waals surface area contributed by atoms with E-state index in [9.17, 15) is 22.8 Å². The second-order valence-electron chi connectivity index (χ2n) is 6.47. The summed E-state index contributed by atoms with van der Waals surface area (Å²) in [5.41, 5.74) is 1.46. The highest BCUT2D eigenvalue weighted by Gasteiger charge is 2.28. The van der Waals surface area contributed by atoms with Crippen LogP contribution in [0, 0.1) is 0 Å². The zero-order chi connectivity index (χ0) is 20.0. The molecule has 0 spiro atoms. The van der Waals surface area contributed by atoms with Crippen LogP contribution in [0.2, 0.25) is 0 Å². The number of carbonyl (C=O) groups is 1. The number of halogens is 3.